The number of para-hydroxylation sites is 1. The Bertz CT molecular complexity index is 794. The van der Waals surface area contributed by atoms with Gasteiger partial charge in [-0.1, -0.05) is 23.7 Å². The van der Waals surface area contributed by atoms with Gasteiger partial charge in [0.05, 0.1) is 24.8 Å². The number of aliphatic imine (C=N–C) groups is 1. The van der Waals surface area contributed by atoms with Gasteiger partial charge in [0, 0.05) is 51.6 Å². The molecule has 0 unspecified atom stereocenters. The van der Waals surface area contributed by atoms with E-state index in [0.29, 0.717) is 26.3 Å². The first-order chi connectivity index (χ1) is 12.6. The van der Waals surface area contributed by atoms with Gasteiger partial charge in [0.1, 0.15) is 0 Å². The van der Waals surface area contributed by atoms with Crippen molar-refractivity contribution in [1.82, 2.24) is 14.8 Å². The van der Waals surface area contributed by atoms with Crippen LogP contribution in [0.4, 0.5) is 0 Å². The number of hydrogen-bond acceptors (Lipinski definition) is 3. The lowest BCUT2D eigenvalue weighted by Crippen LogP contribution is -2.38. The van der Waals surface area contributed by atoms with E-state index in [1.165, 1.54) is 0 Å². The molecule has 1 N–H and O–H groups in total. The van der Waals surface area contributed by atoms with E-state index in [1.54, 1.807) is 7.05 Å². The van der Waals surface area contributed by atoms with Crippen molar-refractivity contribution >= 4 is 41.5 Å². The highest BCUT2D eigenvalue weighted by Crippen LogP contribution is 2.33. The maximum absolute atomic E-state index is 6.07. The molecule has 0 fully saturated rings. The summed E-state index contributed by atoms with van der Waals surface area (Å²) in [4.78, 5) is 6.44. The molecule has 0 atom stereocenters. The molecule has 1 aliphatic rings. The summed E-state index contributed by atoms with van der Waals surface area (Å²) in [7, 11) is 5.77. The summed E-state index contributed by atoms with van der Waals surface area (Å²) < 4.78 is 13.7. The van der Waals surface area contributed by atoms with E-state index < -0.39 is 0 Å². The van der Waals surface area contributed by atoms with Crippen LogP contribution in [0.5, 0.6) is 11.5 Å². The van der Waals surface area contributed by atoms with Gasteiger partial charge in [0.2, 0.25) is 0 Å². The third-order valence-electron chi connectivity index (χ3n) is 4.34. The van der Waals surface area contributed by atoms with Crippen LogP contribution in [0.1, 0.15) is 17.7 Å². The molecule has 1 aliphatic heterocycles. The zero-order chi connectivity index (χ0) is 18.5. The first-order valence-electron chi connectivity index (χ1n) is 8.68. The van der Waals surface area contributed by atoms with Gasteiger partial charge < -0.3 is 24.3 Å². The third kappa shape index (κ3) is 5.44. The van der Waals surface area contributed by atoms with Crippen molar-refractivity contribution in [3.63, 3.8) is 0 Å². The van der Waals surface area contributed by atoms with Gasteiger partial charge in [0.15, 0.2) is 17.5 Å². The van der Waals surface area contributed by atoms with Gasteiger partial charge in [0.25, 0.3) is 0 Å². The first kappa shape index (κ1) is 21.7. The molecular weight excluding hydrogens is 479 g/mol. The van der Waals surface area contributed by atoms with Gasteiger partial charge in [-0.15, -0.1) is 24.0 Å². The molecule has 148 valence electrons. The monoisotopic (exact) mass is 504 g/mol. The Morgan fingerprint density at radius 1 is 1.33 bits per heavy atom. The molecular formula is C19H26ClIN4O2. The normalized spacial score (nSPS) is 13.6. The van der Waals surface area contributed by atoms with Crippen molar-refractivity contribution in [2.75, 3.05) is 27.3 Å². The molecule has 27 heavy (non-hydrogen) atoms. The molecule has 3 rings (SSSR count). The Balaban J connectivity index is 0.00000261. The number of halogens is 2. The minimum Gasteiger partial charge on any atom is -0.490 e. The highest BCUT2D eigenvalue weighted by Gasteiger charge is 2.16. The van der Waals surface area contributed by atoms with E-state index in [2.05, 4.69) is 15.2 Å². The average Bonchev–Trinajstić information content (AvgIpc) is 2.82. The number of aromatic nitrogens is 1. The molecule has 8 heteroatoms. The number of nitrogens with zero attached hydrogens (tertiary/aromatic N) is 3. The molecule has 2 aromatic rings. The molecule has 0 spiro atoms. The predicted molar refractivity (Wildman–Crippen MR) is 120 cm³/mol. The number of benzene rings is 1. The predicted octanol–water partition coefficient (Wildman–Crippen LogP) is 3.67. The van der Waals surface area contributed by atoms with Crippen molar-refractivity contribution in [3.05, 3.63) is 46.7 Å². The van der Waals surface area contributed by atoms with Gasteiger partial charge >= 0.3 is 0 Å². The first-order valence-corrected chi connectivity index (χ1v) is 9.06. The van der Waals surface area contributed by atoms with E-state index in [-0.39, 0.29) is 24.0 Å². The molecule has 0 saturated heterocycles. The number of guanidine groups is 1. The number of rotatable bonds is 4. The smallest absolute Gasteiger partial charge is 0.194 e. The topological polar surface area (TPSA) is 51.0 Å². The Hall–Kier alpha value is -1.61. The molecule has 1 aromatic heterocycles. The number of nitrogens with one attached hydrogen (secondary N) is 1. The average molecular weight is 505 g/mol. The van der Waals surface area contributed by atoms with Gasteiger partial charge in [-0.25, -0.2) is 0 Å². The Kier molecular flexibility index (Phi) is 8.09. The fraction of sp³-hybridized carbons (Fsp3) is 0.421. The number of ether oxygens (including phenoxy) is 2. The summed E-state index contributed by atoms with van der Waals surface area (Å²) in [5, 5.41) is 4.14. The second-order valence-corrected chi connectivity index (χ2v) is 6.75. The number of hydrogen-bond donors (Lipinski definition) is 1. The van der Waals surface area contributed by atoms with Crippen LogP contribution in [0, 0.1) is 0 Å². The lowest BCUT2D eigenvalue weighted by Gasteiger charge is -2.23. The summed E-state index contributed by atoms with van der Waals surface area (Å²) in [5.41, 5.74) is 2.17. The standard InChI is InChI=1S/C19H25ClN4O2.HI/c1-21-19(24(3)13-16-10-15(20)12-23(16)2)22-11-14-6-4-7-17-18(14)26-9-5-8-25-17;/h4,6-7,10,12H,5,8-9,11,13H2,1-3H3,(H,21,22);1H. The fourth-order valence-electron chi connectivity index (χ4n) is 2.99. The fourth-order valence-corrected chi connectivity index (χ4v) is 3.27. The summed E-state index contributed by atoms with van der Waals surface area (Å²) in [6.07, 6.45) is 2.79. The highest BCUT2D eigenvalue weighted by molar-refractivity contribution is 14.0. The van der Waals surface area contributed by atoms with Crippen LogP contribution in [-0.2, 0) is 20.1 Å². The van der Waals surface area contributed by atoms with Gasteiger partial charge in [-0.05, 0) is 12.1 Å². The molecule has 6 nitrogen and oxygen atoms in total. The zero-order valence-corrected chi connectivity index (χ0v) is 19.0. The summed E-state index contributed by atoms with van der Waals surface area (Å²) in [6, 6.07) is 7.95. The van der Waals surface area contributed by atoms with E-state index in [1.807, 2.05) is 49.1 Å². The summed E-state index contributed by atoms with van der Waals surface area (Å²) in [5.74, 6) is 2.43. The second-order valence-electron chi connectivity index (χ2n) is 6.31. The maximum atomic E-state index is 6.07. The molecule has 0 radical (unpaired) electrons. The lowest BCUT2D eigenvalue weighted by atomic mass is 10.2. The number of fused-ring (bicyclic) bond motifs is 1. The van der Waals surface area contributed by atoms with Crippen LogP contribution in [0.15, 0.2) is 35.5 Å². The van der Waals surface area contributed by atoms with Crippen LogP contribution in [0.2, 0.25) is 5.02 Å². The SMILES string of the molecule is CN=C(NCc1cccc2c1OCCCO2)N(C)Cc1cc(Cl)cn1C.I. The Labute approximate surface area is 182 Å². The van der Waals surface area contributed by atoms with Crippen molar-refractivity contribution in [2.45, 2.75) is 19.5 Å². The Morgan fingerprint density at radius 2 is 2.11 bits per heavy atom. The Morgan fingerprint density at radius 3 is 2.81 bits per heavy atom. The molecule has 1 aromatic carbocycles. The summed E-state index contributed by atoms with van der Waals surface area (Å²) >= 11 is 6.07. The van der Waals surface area contributed by atoms with E-state index in [9.17, 15) is 0 Å². The van der Waals surface area contributed by atoms with E-state index in [0.717, 1.165) is 40.2 Å². The van der Waals surface area contributed by atoms with Crippen molar-refractivity contribution < 1.29 is 9.47 Å². The minimum absolute atomic E-state index is 0. The van der Waals surface area contributed by atoms with Crippen LogP contribution >= 0.6 is 35.6 Å². The van der Waals surface area contributed by atoms with Crippen LogP contribution < -0.4 is 14.8 Å². The van der Waals surface area contributed by atoms with Gasteiger partial charge in [-0.2, -0.15) is 0 Å². The van der Waals surface area contributed by atoms with E-state index >= 15 is 0 Å². The third-order valence-corrected chi connectivity index (χ3v) is 4.54. The molecule has 0 amide bonds. The van der Waals surface area contributed by atoms with Crippen molar-refractivity contribution in [1.29, 1.82) is 0 Å². The molecule has 0 aliphatic carbocycles. The van der Waals surface area contributed by atoms with Crippen molar-refractivity contribution in [2.24, 2.45) is 12.0 Å². The van der Waals surface area contributed by atoms with Crippen LogP contribution in [0.25, 0.3) is 0 Å². The second kappa shape index (κ2) is 10.1. The van der Waals surface area contributed by atoms with Crippen LogP contribution in [-0.4, -0.2) is 42.7 Å². The molecule has 0 bridgehead atoms. The van der Waals surface area contributed by atoms with Crippen molar-refractivity contribution in [3.8, 4) is 11.5 Å². The molecule has 2 heterocycles. The lowest BCUT2D eigenvalue weighted by molar-refractivity contribution is 0.296. The van der Waals surface area contributed by atoms with Gasteiger partial charge in [-0.3, -0.25) is 4.99 Å². The van der Waals surface area contributed by atoms with E-state index in [4.69, 9.17) is 21.1 Å². The largest absolute Gasteiger partial charge is 0.490 e. The zero-order valence-electron chi connectivity index (χ0n) is 15.9. The quantitative estimate of drug-likeness (QED) is 0.392. The summed E-state index contributed by atoms with van der Waals surface area (Å²) in [6.45, 7) is 2.67. The highest BCUT2D eigenvalue weighted by atomic mass is 127. The number of aryl methyl sites for hydroxylation is 1. The minimum atomic E-state index is 0. The maximum Gasteiger partial charge on any atom is 0.194 e. The van der Waals surface area contributed by atoms with Crippen LogP contribution in [0.3, 0.4) is 0 Å². The molecule has 0 saturated carbocycles.